The second-order valence-electron chi connectivity index (χ2n) is 8.26. The van der Waals surface area contributed by atoms with Gasteiger partial charge in [-0.3, -0.25) is 9.69 Å². The molecule has 1 saturated heterocycles. The number of hydrogen-bond donors (Lipinski definition) is 2. The Labute approximate surface area is 174 Å². The number of amides is 1. The molecule has 6 heteroatoms. The standard InChI is InChI=1S/C23H24ClN3O2/c24-23-20(19-3-1-2-4-21(19)25-23)14-26-8-7-15(11-26)9-22(29)27-12-16-5-6-18(28)10-17(16)13-27/h1-6,10,15,25,28H,7-9,11-14H2/t15-/m1/s1. The molecule has 1 atom stereocenters. The number of aromatic hydroxyl groups is 1. The Hall–Kier alpha value is -2.50. The third-order valence-electron chi connectivity index (χ3n) is 6.24. The van der Waals surface area contributed by atoms with Crippen LogP contribution in [0.15, 0.2) is 42.5 Å². The summed E-state index contributed by atoms with van der Waals surface area (Å²) in [4.78, 5) is 20.4. The second-order valence-corrected chi connectivity index (χ2v) is 8.64. The fraction of sp³-hybridized carbons (Fsp3) is 0.348. The highest BCUT2D eigenvalue weighted by Crippen LogP contribution is 2.31. The molecular formula is C23H24ClN3O2. The van der Waals surface area contributed by atoms with Crippen molar-refractivity contribution in [1.29, 1.82) is 0 Å². The van der Waals surface area contributed by atoms with Crippen LogP contribution in [0.25, 0.3) is 10.9 Å². The summed E-state index contributed by atoms with van der Waals surface area (Å²) >= 11 is 6.45. The molecule has 1 aromatic heterocycles. The van der Waals surface area contributed by atoms with Crippen LogP contribution in [0.2, 0.25) is 5.15 Å². The molecule has 5 nitrogen and oxygen atoms in total. The number of hydrogen-bond acceptors (Lipinski definition) is 3. The highest BCUT2D eigenvalue weighted by molar-refractivity contribution is 6.31. The molecule has 0 bridgehead atoms. The number of nitrogens with one attached hydrogen (secondary N) is 1. The minimum atomic E-state index is 0.206. The summed E-state index contributed by atoms with van der Waals surface area (Å²) in [5.41, 5.74) is 4.40. The maximum atomic E-state index is 12.8. The first kappa shape index (κ1) is 18.5. The summed E-state index contributed by atoms with van der Waals surface area (Å²) in [6.07, 6.45) is 1.62. The summed E-state index contributed by atoms with van der Waals surface area (Å²) in [5, 5.41) is 11.5. The Morgan fingerprint density at radius 2 is 2.00 bits per heavy atom. The van der Waals surface area contributed by atoms with Crippen molar-refractivity contribution in [1.82, 2.24) is 14.8 Å². The van der Waals surface area contributed by atoms with E-state index >= 15 is 0 Å². The molecule has 0 aliphatic carbocycles. The number of para-hydroxylation sites is 1. The minimum Gasteiger partial charge on any atom is -0.508 e. The van der Waals surface area contributed by atoms with Gasteiger partial charge in [-0.05, 0) is 48.2 Å². The van der Waals surface area contributed by atoms with Gasteiger partial charge in [0.25, 0.3) is 0 Å². The molecular weight excluding hydrogens is 386 g/mol. The lowest BCUT2D eigenvalue weighted by molar-refractivity contribution is -0.132. The van der Waals surface area contributed by atoms with Gasteiger partial charge in [0.15, 0.2) is 0 Å². The Kier molecular flexibility index (Phi) is 4.72. The summed E-state index contributed by atoms with van der Waals surface area (Å²) in [6, 6.07) is 13.6. The molecule has 0 saturated carbocycles. The lowest BCUT2D eigenvalue weighted by Crippen LogP contribution is -2.28. The van der Waals surface area contributed by atoms with Gasteiger partial charge in [-0.2, -0.15) is 0 Å². The molecule has 2 N–H and O–H groups in total. The zero-order valence-corrected chi connectivity index (χ0v) is 17.0. The van der Waals surface area contributed by atoms with E-state index in [1.54, 1.807) is 12.1 Å². The number of H-pyrrole nitrogens is 1. The molecule has 0 spiro atoms. The van der Waals surface area contributed by atoms with Gasteiger partial charge in [0.2, 0.25) is 5.91 Å². The third kappa shape index (κ3) is 3.61. The van der Waals surface area contributed by atoms with Crippen LogP contribution in [0.4, 0.5) is 0 Å². The Morgan fingerprint density at radius 1 is 1.17 bits per heavy atom. The van der Waals surface area contributed by atoms with Crippen LogP contribution < -0.4 is 0 Å². The van der Waals surface area contributed by atoms with E-state index in [0.717, 1.165) is 48.3 Å². The summed E-state index contributed by atoms with van der Waals surface area (Å²) in [6.45, 7) is 3.97. The molecule has 1 amide bonds. The van der Waals surface area contributed by atoms with Crippen LogP contribution in [0.5, 0.6) is 5.75 Å². The molecule has 2 aromatic carbocycles. The van der Waals surface area contributed by atoms with Crippen molar-refractivity contribution in [3.63, 3.8) is 0 Å². The number of phenolic OH excluding ortho intramolecular Hbond substituents is 1. The van der Waals surface area contributed by atoms with Gasteiger partial charge in [0.05, 0.1) is 0 Å². The number of aromatic amines is 1. The number of carbonyl (C=O) groups excluding carboxylic acids is 1. The Morgan fingerprint density at radius 3 is 2.90 bits per heavy atom. The maximum absolute atomic E-state index is 12.8. The Balaban J connectivity index is 1.19. The van der Waals surface area contributed by atoms with Crippen LogP contribution in [-0.4, -0.2) is 38.9 Å². The predicted octanol–water partition coefficient (Wildman–Crippen LogP) is 4.28. The summed E-state index contributed by atoms with van der Waals surface area (Å²) in [7, 11) is 0. The van der Waals surface area contributed by atoms with Crippen LogP contribution in [0.3, 0.4) is 0 Å². The van der Waals surface area contributed by atoms with E-state index in [0.29, 0.717) is 30.6 Å². The van der Waals surface area contributed by atoms with Crippen LogP contribution >= 0.6 is 11.6 Å². The van der Waals surface area contributed by atoms with E-state index in [1.165, 1.54) is 5.39 Å². The Bertz CT molecular complexity index is 1080. The molecule has 1 fully saturated rings. The van der Waals surface area contributed by atoms with Gasteiger partial charge in [0.1, 0.15) is 10.9 Å². The van der Waals surface area contributed by atoms with Crippen LogP contribution in [-0.2, 0) is 24.4 Å². The number of benzene rings is 2. The number of carbonyl (C=O) groups is 1. The minimum absolute atomic E-state index is 0.206. The number of likely N-dealkylation sites (tertiary alicyclic amines) is 1. The van der Waals surface area contributed by atoms with E-state index in [9.17, 15) is 9.90 Å². The maximum Gasteiger partial charge on any atom is 0.223 e. The van der Waals surface area contributed by atoms with Crippen molar-refractivity contribution < 1.29 is 9.90 Å². The lowest BCUT2D eigenvalue weighted by atomic mass is 10.0. The van der Waals surface area contributed by atoms with E-state index in [1.807, 2.05) is 29.2 Å². The molecule has 0 unspecified atom stereocenters. The number of halogens is 1. The van der Waals surface area contributed by atoms with Crippen LogP contribution in [0, 0.1) is 5.92 Å². The monoisotopic (exact) mass is 409 g/mol. The molecule has 2 aliphatic rings. The average Bonchev–Trinajstić information content (AvgIpc) is 3.40. The first-order chi connectivity index (χ1) is 14.1. The SMILES string of the molecule is O=C(C[C@H]1CCN(Cc2c(Cl)[nH]c3ccccc23)C1)N1Cc2ccc(O)cc2C1. The smallest absolute Gasteiger partial charge is 0.223 e. The van der Waals surface area contributed by atoms with Crippen LogP contribution in [0.1, 0.15) is 29.5 Å². The fourth-order valence-electron chi connectivity index (χ4n) is 4.70. The quantitative estimate of drug-likeness (QED) is 0.676. The molecule has 0 radical (unpaired) electrons. The largest absolute Gasteiger partial charge is 0.508 e. The first-order valence-corrected chi connectivity index (χ1v) is 10.5. The zero-order chi connectivity index (χ0) is 20.0. The third-order valence-corrected chi connectivity index (χ3v) is 6.56. The molecule has 150 valence electrons. The van der Waals surface area contributed by atoms with Crippen molar-refractivity contribution in [2.45, 2.75) is 32.5 Å². The van der Waals surface area contributed by atoms with E-state index in [-0.39, 0.29) is 11.7 Å². The topological polar surface area (TPSA) is 59.6 Å². The van der Waals surface area contributed by atoms with Gasteiger partial charge in [-0.1, -0.05) is 35.9 Å². The zero-order valence-electron chi connectivity index (χ0n) is 16.2. The molecule has 29 heavy (non-hydrogen) atoms. The second kappa shape index (κ2) is 7.39. The van der Waals surface area contributed by atoms with Gasteiger partial charge in [0, 0.05) is 49.1 Å². The highest BCUT2D eigenvalue weighted by atomic mass is 35.5. The first-order valence-electron chi connectivity index (χ1n) is 10.1. The van der Waals surface area contributed by atoms with Gasteiger partial charge < -0.3 is 15.0 Å². The highest BCUT2D eigenvalue weighted by Gasteiger charge is 2.29. The van der Waals surface area contributed by atoms with E-state index < -0.39 is 0 Å². The average molecular weight is 410 g/mol. The predicted molar refractivity (Wildman–Crippen MR) is 114 cm³/mol. The van der Waals surface area contributed by atoms with Gasteiger partial charge >= 0.3 is 0 Å². The normalized spacial score (nSPS) is 19.2. The van der Waals surface area contributed by atoms with Gasteiger partial charge in [-0.15, -0.1) is 0 Å². The number of aromatic nitrogens is 1. The van der Waals surface area contributed by atoms with Crippen molar-refractivity contribution >= 4 is 28.4 Å². The molecule has 3 aromatic rings. The van der Waals surface area contributed by atoms with E-state index in [4.69, 9.17) is 11.6 Å². The molecule has 2 aliphatic heterocycles. The number of nitrogens with zero attached hydrogens (tertiary/aromatic N) is 2. The van der Waals surface area contributed by atoms with Crippen molar-refractivity contribution in [2.75, 3.05) is 13.1 Å². The van der Waals surface area contributed by atoms with Crippen molar-refractivity contribution in [3.05, 3.63) is 64.3 Å². The lowest BCUT2D eigenvalue weighted by Gasteiger charge is -2.19. The molecule has 5 rings (SSSR count). The van der Waals surface area contributed by atoms with Gasteiger partial charge in [-0.25, -0.2) is 0 Å². The van der Waals surface area contributed by atoms with E-state index in [2.05, 4.69) is 16.0 Å². The fourth-order valence-corrected chi connectivity index (χ4v) is 4.97. The summed E-state index contributed by atoms with van der Waals surface area (Å²) in [5.74, 6) is 0.849. The number of rotatable bonds is 4. The van der Waals surface area contributed by atoms with Crippen molar-refractivity contribution in [2.24, 2.45) is 5.92 Å². The number of fused-ring (bicyclic) bond motifs is 2. The number of phenols is 1. The summed E-state index contributed by atoms with van der Waals surface area (Å²) < 4.78 is 0. The van der Waals surface area contributed by atoms with Crippen molar-refractivity contribution in [3.8, 4) is 5.75 Å². The molecule has 3 heterocycles.